The fourth-order valence-electron chi connectivity index (χ4n) is 2.39. The predicted molar refractivity (Wildman–Crippen MR) is 79.6 cm³/mol. The summed E-state index contributed by atoms with van der Waals surface area (Å²) in [6, 6.07) is 4.36. The summed E-state index contributed by atoms with van der Waals surface area (Å²) in [5.41, 5.74) is -1.33. The van der Waals surface area contributed by atoms with Crippen LogP contribution in [0.1, 0.15) is 11.1 Å². The van der Waals surface area contributed by atoms with Gasteiger partial charge in [-0.1, -0.05) is 18.2 Å². The third-order valence-corrected chi connectivity index (χ3v) is 6.23. The van der Waals surface area contributed by atoms with Crippen molar-refractivity contribution < 1.29 is 39.5 Å². The highest BCUT2D eigenvalue weighted by molar-refractivity contribution is 6.84. The number of hydrogen-bond acceptors (Lipinski definition) is 1. The highest BCUT2D eigenvalue weighted by atomic mass is 28.4. The molecule has 0 saturated heterocycles. The van der Waals surface area contributed by atoms with Gasteiger partial charge in [0.25, 0.3) is 0 Å². The van der Waals surface area contributed by atoms with Crippen molar-refractivity contribution in [2.75, 3.05) is 0 Å². The standard InChI is InChI=1S/C16H12F8OSi/c1-26(2,15-13(20)11(18)10(17)12(19)14(15)21)25-7-8-5-3-4-6-9(8)16(22,23)24/h3-6H,7H2,1-2H3. The first-order valence-electron chi connectivity index (χ1n) is 7.19. The smallest absolute Gasteiger partial charge is 0.408 e. The van der Waals surface area contributed by atoms with E-state index in [1.165, 1.54) is 6.07 Å². The molecule has 0 aromatic heterocycles. The van der Waals surface area contributed by atoms with Crippen LogP contribution < -0.4 is 5.19 Å². The van der Waals surface area contributed by atoms with Gasteiger partial charge in [0, 0.05) is 5.19 Å². The van der Waals surface area contributed by atoms with Crippen LogP contribution in [0.3, 0.4) is 0 Å². The van der Waals surface area contributed by atoms with Gasteiger partial charge in [-0.15, -0.1) is 0 Å². The minimum atomic E-state index is -4.68. The van der Waals surface area contributed by atoms with E-state index in [0.717, 1.165) is 31.3 Å². The lowest BCUT2D eigenvalue weighted by atomic mass is 10.1. The molecule has 0 amide bonds. The maximum Gasteiger partial charge on any atom is 0.416 e. The number of benzene rings is 2. The molecule has 10 heteroatoms. The third-order valence-electron chi connectivity index (χ3n) is 3.72. The van der Waals surface area contributed by atoms with E-state index in [0.29, 0.717) is 0 Å². The number of rotatable bonds is 4. The highest BCUT2D eigenvalue weighted by Crippen LogP contribution is 2.32. The number of halogens is 8. The molecule has 142 valence electrons. The van der Waals surface area contributed by atoms with Crippen LogP contribution in [0, 0.1) is 29.1 Å². The van der Waals surface area contributed by atoms with Gasteiger partial charge in [0.15, 0.2) is 23.3 Å². The summed E-state index contributed by atoms with van der Waals surface area (Å²) in [4.78, 5) is 0. The van der Waals surface area contributed by atoms with Crippen LogP contribution in [0.4, 0.5) is 35.1 Å². The van der Waals surface area contributed by atoms with Crippen LogP contribution in [-0.4, -0.2) is 8.32 Å². The van der Waals surface area contributed by atoms with Gasteiger partial charge in [-0.3, -0.25) is 0 Å². The molecule has 0 heterocycles. The average Bonchev–Trinajstić information content (AvgIpc) is 2.56. The van der Waals surface area contributed by atoms with E-state index in [1.807, 2.05) is 0 Å². The van der Waals surface area contributed by atoms with Crippen molar-refractivity contribution >= 4 is 13.5 Å². The third kappa shape index (κ3) is 3.75. The normalized spacial score (nSPS) is 12.5. The van der Waals surface area contributed by atoms with Gasteiger partial charge in [-0.05, 0) is 24.7 Å². The van der Waals surface area contributed by atoms with Gasteiger partial charge in [-0.2, -0.15) is 13.2 Å². The maximum atomic E-state index is 13.9. The van der Waals surface area contributed by atoms with Gasteiger partial charge < -0.3 is 4.43 Å². The molecule has 0 atom stereocenters. The Hall–Kier alpha value is -1.94. The number of hydrogen-bond donors (Lipinski definition) is 0. The summed E-state index contributed by atoms with van der Waals surface area (Å²) in [5.74, 6) is -10.6. The highest BCUT2D eigenvalue weighted by Gasteiger charge is 2.39. The van der Waals surface area contributed by atoms with Gasteiger partial charge in [0.1, 0.15) is 0 Å². The molecule has 2 aromatic carbocycles. The zero-order chi connectivity index (χ0) is 19.9. The molecular weight excluding hydrogens is 388 g/mol. The lowest BCUT2D eigenvalue weighted by Gasteiger charge is -2.25. The van der Waals surface area contributed by atoms with Crippen LogP contribution >= 0.6 is 0 Å². The van der Waals surface area contributed by atoms with E-state index in [-0.39, 0.29) is 5.56 Å². The largest absolute Gasteiger partial charge is 0.416 e. The molecule has 0 unspecified atom stereocenters. The SMILES string of the molecule is C[Si](C)(OCc1ccccc1C(F)(F)F)c1c(F)c(F)c(F)c(F)c1F. The van der Waals surface area contributed by atoms with E-state index < -0.39 is 60.9 Å². The van der Waals surface area contributed by atoms with E-state index in [2.05, 4.69) is 0 Å². The molecule has 0 saturated carbocycles. The Bertz CT molecular complexity index is 803. The molecule has 26 heavy (non-hydrogen) atoms. The van der Waals surface area contributed by atoms with Gasteiger partial charge in [0.2, 0.25) is 14.1 Å². The van der Waals surface area contributed by atoms with Gasteiger partial charge >= 0.3 is 6.18 Å². The van der Waals surface area contributed by atoms with Crippen molar-refractivity contribution in [2.24, 2.45) is 0 Å². The molecule has 0 aliphatic carbocycles. The minimum Gasteiger partial charge on any atom is -0.408 e. The monoisotopic (exact) mass is 400 g/mol. The molecule has 2 rings (SSSR count). The Morgan fingerprint density at radius 3 is 1.77 bits per heavy atom. The summed E-state index contributed by atoms with van der Waals surface area (Å²) in [5, 5.41) is -1.13. The summed E-state index contributed by atoms with van der Waals surface area (Å²) >= 11 is 0. The van der Waals surface area contributed by atoms with Crippen molar-refractivity contribution in [1.82, 2.24) is 0 Å². The average molecular weight is 400 g/mol. The molecule has 0 aliphatic rings. The van der Waals surface area contributed by atoms with Crippen molar-refractivity contribution in [3.8, 4) is 0 Å². The molecule has 0 bridgehead atoms. The lowest BCUT2D eigenvalue weighted by Crippen LogP contribution is -2.49. The molecule has 0 aliphatic heterocycles. The topological polar surface area (TPSA) is 9.23 Å². The molecular formula is C16H12F8OSi. The van der Waals surface area contributed by atoms with Crippen molar-refractivity contribution in [2.45, 2.75) is 25.9 Å². The maximum absolute atomic E-state index is 13.9. The summed E-state index contributed by atoms with van der Waals surface area (Å²) in [6.45, 7) is 1.55. The Balaban J connectivity index is 2.41. The molecule has 0 spiro atoms. The second-order valence-electron chi connectivity index (χ2n) is 5.90. The molecule has 0 radical (unpaired) electrons. The van der Waals surface area contributed by atoms with Crippen LogP contribution in [0.25, 0.3) is 0 Å². The quantitative estimate of drug-likeness (QED) is 0.303. The first-order chi connectivity index (χ1) is 11.9. The van der Waals surface area contributed by atoms with Crippen LogP contribution in [-0.2, 0) is 17.2 Å². The fourth-order valence-corrected chi connectivity index (χ4v) is 4.32. The summed E-state index contributed by atoms with van der Waals surface area (Å²) < 4.78 is 112. The summed E-state index contributed by atoms with van der Waals surface area (Å²) in [6.07, 6.45) is -4.68. The van der Waals surface area contributed by atoms with Gasteiger partial charge in [0.05, 0.1) is 12.2 Å². The second kappa shape index (κ2) is 6.99. The van der Waals surface area contributed by atoms with Gasteiger partial charge in [-0.25, -0.2) is 22.0 Å². The van der Waals surface area contributed by atoms with E-state index in [9.17, 15) is 35.1 Å². The van der Waals surface area contributed by atoms with Crippen molar-refractivity contribution in [3.05, 3.63) is 64.5 Å². The zero-order valence-corrected chi connectivity index (χ0v) is 14.4. The zero-order valence-electron chi connectivity index (χ0n) is 13.4. The predicted octanol–water partition coefficient (Wildman–Crippen LogP) is 5.03. The Labute approximate surface area is 144 Å². The summed E-state index contributed by atoms with van der Waals surface area (Å²) in [7, 11) is -3.78. The van der Waals surface area contributed by atoms with Crippen LogP contribution in [0.5, 0.6) is 0 Å². The minimum absolute atomic E-state index is 0.315. The molecule has 2 aromatic rings. The van der Waals surface area contributed by atoms with E-state index >= 15 is 0 Å². The molecule has 1 nitrogen and oxygen atoms in total. The Morgan fingerprint density at radius 1 is 0.808 bits per heavy atom. The molecule has 0 fully saturated rings. The molecule has 0 N–H and O–H groups in total. The van der Waals surface area contributed by atoms with E-state index in [1.54, 1.807) is 0 Å². The van der Waals surface area contributed by atoms with E-state index in [4.69, 9.17) is 4.43 Å². The van der Waals surface area contributed by atoms with Crippen molar-refractivity contribution in [3.63, 3.8) is 0 Å². The Morgan fingerprint density at radius 2 is 1.27 bits per heavy atom. The van der Waals surface area contributed by atoms with Crippen molar-refractivity contribution in [1.29, 1.82) is 0 Å². The first-order valence-corrected chi connectivity index (χ1v) is 10.1. The van der Waals surface area contributed by atoms with Crippen LogP contribution in [0.2, 0.25) is 13.1 Å². The fraction of sp³-hybridized carbons (Fsp3) is 0.250. The first kappa shape index (κ1) is 20.4. The van der Waals surface area contributed by atoms with Crippen LogP contribution in [0.15, 0.2) is 24.3 Å². The number of alkyl halides is 3. The Kier molecular flexibility index (Phi) is 5.48. The lowest BCUT2D eigenvalue weighted by molar-refractivity contribution is -0.138. The second-order valence-corrected chi connectivity index (χ2v) is 9.71.